The second-order valence-electron chi connectivity index (χ2n) is 7.80. The number of nitrogens with zero attached hydrogens (tertiary/aromatic N) is 3. The Kier molecular flexibility index (Phi) is 5.72. The normalized spacial score (nSPS) is 16.5. The number of thiophene rings is 1. The summed E-state index contributed by atoms with van der Waals surface area (Å²) in [5.74, 6) is 0.287. The highest BCUT2D eigenvalue weighted by Gasteiger charge is 2.32. The van der Waals surface area contributed by atoms with E-state index in [9.17, 15) is 9.59 Å². The zero-order chi connectivity index (χ0) is 21.3. The fraction of sp³-hybridized carbons (Fsp3) is 0.348. The molecule has 0 radical (unpaired) electrons. The molecule has 3 aromatic rings. The van der Waals surface area contributed by atoms with Gasteiger partial charge in [0, 0.05) is 36.6 Å². The molecular formula is C23H26N4O2S. The molecule has 30 heavy (non-hydrogen) atoms. The van der Waals surface area contributed by atoms with Crippen molar-refractivity contribution in [1.82, 2.24) is 14.5 Å². The maximum atomic E-state index is 13.5. The number of pyridine rings is 1. The van der Waals surface area contributed by atoms with Crippen LogP contribution in [0.2, 0.25) is 0 Å². The predicted molar refractivity (Wildman–Crippen MR) is 119 cm³/mol. The molecule has 1 unspecified atom stereocenters. The molecule has 1 aliphatic rings. The number of aryl methyl sites for hydroxylation is 2. The summed E-state index contributed by atoms with van der Waals surface area (Å²) in [5, 5.41) is 3.88. The van der Waals surface area contributed by atoms with Gasteiger partial charge in [-0.15, -0.1) is 11.3 Å². The molecule has 1 atom stereocenters. The van der Waals surface area contributed by atoms with Crippen LogP contribution < -0.4 is 5.32 Å². The van der Waals surface area contributed by atoms with Gasteiger partial charge in [-0.05, 0) is 62.9 Å². The van der Waals surface area contributed by atoms with Gasteiger partial charge in [0.15, 0.2) is 0 Å². The molecule has 3 aromatic heterocycles. The van der Waals surface area contributed by atoms with Crippen molar-refractivity contribution in [1.29, 1.82) is 0 Å². The number of piperidine rings is 1. The molecule has 1 saturated heterocycles. The minimum atomic E-state index is -0.237. The summed E-state index contributed by atoms with van der Waals surface area (Å²) in [6.45, 7) is 7.07. The lowest BCUT2D eigenvalue weighted by Gasteiger charge is -2.32. The van der Waals surface area contributed by atoms with E-state index in [1.165, 1.54) is 0 Å². The Morgan fingerprint density at radius 3 is 2.67 bits per heavy atom. The van der Waals surface area contributed by atoms with Crippen LogP contribution in [0.3, 0.4) is 0 Å². The quantitative estimate of drug-likeness (QED) is 0.680. The van der Waals surface area contributed by atoms with Gasteiger partial charge in [-0.2, -0.15) is 0 Å². The van der Waals surface area contributed by atoms with Gasteiger partial charge in [0.25, 0.3) is 5.91 Å². The third-order valence-electron chi connectivity index (χ3n) is 5.75. The number of hydrogen-bond acceptors (Lipinski definition) is 4. The van der Waals surface area contributed by atoms with Crippen LogP contribution in [0, 0.1) is 26.7 Å². The van der Waals surface area contributed by atoms with Gasteiger partial charge < -0.3 is 14.8 Å². The van der Waals surface area contributed by atoms with E-state index in [2.05, 4.69) is 10.3 Å². The number of hydrogen-bond donors (Lipinski definition) is 1. The number of carbonyl (C=O) groups is 2. The first-order chi connectivity index (χ1) is 14.5. The number of rotatable bonds is 4. The van der Waals surface area contributed by atoms with E-state index in [0.29, 0.717) is 18.9 Å². The fourth-order valence-corrected chi connectivity index (χ4v) is 5.00. The van der Waals surface area contributed by atoms with E-state index in [-0.39, 0.29) is 17.7 Å². The summed E-state index contributed by atoms with van der Waals surface area (Å²) in [5.41, 5.74) is 2.69. The van der Waals surface area contributed by atoms with E-state index in [1.54, 1.807) is 17.5 Å². The van der Waals surface area contributed by atoms with E-state index < -0.39 is 0 Å². The molecule has 4 rings (SSSR count). The van der Waals surface area contributed by atoms with Gasteiger partial charge in [-0.3, -0.25) is 9.59 Å². The molecule has 2 amide bonds. The first-order valence-corrected chi connectivity index (χ1v) is 11.0. The first kappa shape index (κ1) is 20.3. The Bertz CT molecular complexity index is 1070. The summed E-state index contributed by atoms with van der Waals surface area (Å²) < 4.78 is 2.00. The zero-order valence-corrected chi connectivity index (χ0v) is 18.3. The van der Waals surface area contributed by atoms with E-state index in [4.69, 9.17) is 0 Å². The Balaban J connectivity index is 1.53. The lowest BCUT2D eigenvalue weighted by Crippen LogP contribution is -2.44. The lowest BCUT2D eigenvalue weighted by molar-refractivity contribution is -0.121. The molecule has 0 saturated carbocycles. The van der Waals surface area contributed by atoms with Crippen LogP contribution in [0.5, 0.6) is 0 Å². The summed E-state index contributed by atoms with van der Waals surface area (Å²) in [7, 11) is 0. The first-order valence-electron chi connectivity index (χ1n) is 10.2. The molecule has 6 nitrogen and oxygen atoms in total. The van der Waals surface area contributed by atoms with Crippen molar-refractivity contribution in [2.45, 2.75) is 33.6 Å². The highest BCUT2D eigenvalue weighted by atomic mass is 32.1. The average molecular weight is 423 g/mol. The molecule has 0 bridgehead atoms. The molecule has 1 N–H and O–H groups in total. The maximum Gasteiger partial charge on any atom is 0.257 e. The van der Waals surface area contributed by atoms with Gasteiger partial charge >= 0.3 is 0 Å². The predicted octanol–water partition coefficient (Wildman–Crippen LogP) is 4.35. The summed E-state index contributed by atoms with van der Waals surface area (Å²) in [4.78, 5) is 33.6. The van der Waals surface area contributed by atoms with E-state index in [1.807, 2.05) is 66.9 Å². The monoisotopic (exact) mass is 422 g/mol. The van der Waals surface area contributed by atoms with E-state index >= 15 is 0 Å². The Morgan fingerprint density at radius 1 is 1.17 bits per heavy atom. The minimum absolute atomic E-state index is 0.00654. The number of likely N-dealkylation sites (tertiary alicyclic amines) is 1. The molecule has 0 spiro atoms. The number of carbonyl (C=O) groups excluding carboxylic acids is 2. The molecule has 1 aliphatic heterocycles. The van der Waals surface area contributed by atoms with E-state index in [0.717, 1.165) is 39.4 Å². The van der Waals surface area contributed by atoms with Crippen molar-refractivity contribution in [3.05, 3.63) is 64.4 Å². The lowest BCUT2D eigenvalue weighted by atomic mass is 9.96. The SMILES string of the molecule is Cc1cccnc1NC(=O)C1CCCN(C(=O)c2c(-n3cccc3)sc(C)c2C)C1. The molecule has 7 heteroatoms. The molecule has 0 aliphatic carbocycles. The highest BCUT2D eigenvalue weighted by Crippen LogP contribution is 2.33. The molecular weight excluding hydrogens is 396 g/mol. The third kappa shape index (κ3) is 3.89. The van der Waals surface area contributed by atoms with Gasteiger partial charge in [0.05, 0.1) is 11.5 Å². The van der Waals surface area contributed by atoms with Gasteiger partial charge in [0.2, 0.25) is 5.91 Å². The Hall–Kier alpha value is -2.93. The van der Waals surface area contributed by atoms with Crippen LogP contribution in [0.1, 0.15) is 39.2 Å². The van der Waals surface area contributed by atoms with Crippen LogP contribution in [0.4, 0.5) is 5.82 Å². The second kappa shape index (κ2) is 8.44. The van der Waals surface area contributed by atoms with Crippen molar-refractivity contribution in [3.8, 4) is 5.00 Å². The zero-order valence-electron chi connectivity index (χ0n) is 17.5. The van der Waals surface area contributed by atoms with Crippen molar-refractivity contribution in [2.75, 3.05) is 18.4 Å². The summed E-state index contributed by atoms with van der Waals surface area (Å²) >= 11 is 1.63. The van der Waals surface area contributed by atoms with Crippen LogP contribution in [0.25, 0.3) is 5.00 Å². The van der Waals surface area contributed by atoms with Crippen molar-refractivity contribution >= 4 is 29.0 Å². The number of nitrogens with one attached hydrogen (secondary N) is 1. The average Bonchev–Trinajstić information content (AvgIpc) is 3.38. The molecule has 156 valence electrons. The third-order valence-corrected chi connectivity index (χ3v) is 6.97. The number of anilines is 1. The Labute approximate surface area is 180 Å². The molecule has 4 heterocycles. The molecule has 1 fully saturated rings. The summed E-state index contributed by atoms with van der Waals surface area (Å²) in [6.07, 6.45) is 7.18. The van der Waals surface area contributed by atoms with Crippen LogP contribution in [-0.2, 0) is 4.79 Å². The van der Waals surface area contributed by atoms with Crippen LogP contribution in [-0.4, -0.2) is 39.4 Å². The van der Waals surface area contributed by atoms with Crippen molar-refractivity contribution < 1.29 is 9.59 Å². The minimum Gasteiger partial charge on any atom is -0.338 e. The number of amides is 2. The highest BCUT2D eigenvalue weighted by molar-refractivity contribution is 7.15. The number of aromatic nitrogens is 2. The van der Waals surface area contributed by atoms with Gasteiger partial charge in [0.1, 0.15) is 10.8 Å². The smallest absolute Gasteiger partial charge is 0.257 e. The van der Waals surface area contributed by atoms with Crippen LogP contribution in [0.15, 0.2) is 42.9 Å². The molecule has 0 aromatic carbocycles. The maximum absolute atomic E-state index is 13.5. The summed E-state index contributed by atoms with van der Waals surface area (Å²) in [6, 6.07) is 7.68. The fourth-order valence-electron chi connectivity index (χ4n) is 3.88. The van der Waals surface area contributed by atoms with Crippen LogP contribution >= 0.6 is 11.3 Å². The second-order valence-corrected chi connectivity index (χ2v) is 9.01. The van der Waals surface area contributed by atoms with Crippen molar-refractivity contribution in [2.24, 2.45) is 5.92 Å². The topological polar surface area (TPSA) is 67.2 Å². The largest absolute Gasteiger partial charge is 0.338 e. The van der Waals surface area contributed by atoms with Gasteiger partial charge in [-0.25, -0.2) is 4.98 Å². The Morgan fingerprint density at radius 2 is 1.93 bits per heavy atom. The standard InChI is InChI=1S/C23H26N4O2S/c1-15-8-6-10-24-20(15)25-21(28)18-9-7-13-27(14-18)22(29)19-16(2)17(3)30-23(19)26-11-4-5-12-26/h4-6,8,10-12,18H,7,9,13-14H2,1-3H3,(H,24,25,28). The van der Waals surface area contributed by atoms with Crippen molar-refractivity contribution in [3.63, 3.8) is 0 Å². The van der Waals surface area contributed by atoms with Gasteiger partial charge in [-0.1, -0.05) is 6.07 Å².